The first-order valence-electron chi connectivity index (χ1n) is 15.2. The number of nitrogens with two attached hydrogens (primary N) is 1. The first-order valence-corrected chi connectivity index (χ1v) is 16.0. The van der Waals surface area contributed by atoms with Gasteiger partial charge in [0.05, 0.1) is 34.7 Å². The number of amides is 2. The molecule has 5 aromatic rings. The van der Waals surface area contributed by atoms with E-state index in [2.05, 4.69) is 26.0 Å². The molecule has 3 aromatic heterocycles. The second kappa shape index (κ2) is 14.1. The Bertz CT molecular complexity index is 1960. The van der Waals surface area contributed by atoms with Crippen LogP contribution < -0.4 is 26.4 Å². The van der Waals surface area contributed by atoms with Gasteiger partial charge in [-0.05, 0) is 31.5 Å². The van der Waals surface area contributed by atoms with Gasteiger partial charge in [0.15, 0.2) is 5.65 Å². The number of nitrogens with one attached hydrogen (secondary N) is 3. The molecule has 1 fully saturated rings. The number of benzene rings is 2. The molecule has 11 nitrogen and oxygen atoms in total. The Hall–Kier alpha value is -4.55. The maximum absolute atomic E-state index is 12.5. The van der Waals surface area contributed by atoms with Crippen molar-refractivity contribution in [3.8, 4) is 39.5 Å². The van der Waals surface area contributed by atoms with Gasteiger partial charge in [-0.3, -0.25) is 9.59 Å². The van der Waals surface area contributed by atoms with E-state index in [9.17, 15) is 9.59 Å². The number of aromatic nitrogens is 4. The Labute approximate surface area is 281 Å². The number of halogens is 2. The minimum absolute atomic E-state index is 0.0926. The number of ether oxygens (including phenoxy) is 1. The number of nitrogens with zero attached hydrogens (tertiary/aromatic N) is 4. The number of rotatable bonds is 11. The normalized spacial score (nSPS) is 15.1. The number of hydrogen-bond acceptors (Lipinski definition) is 8. The molecular formula is C34H34Cl2N8O3. The molecule has 0 saturated carbocycles. The van der Waals surface area contributed by atoms with Gasteiger partial charge in [-0.15, -0.1) is 0 Å². The Balaban J connectivity index is 1.25. The van der Waals surface area contributed by atoms with Crippen LogP contribution in [-0.4, -0.2) is 63.7 Å². The highest BCUT2D eigenvalue weighted by Crippen LogP contribution is 2.42. The molecule has 13 heteroatoms. The summed E-state index contributed by atoms with van der Waals surface area (Å²) in [7, 11) is 1.59. The number of fused-ring (bicyclic) bond motifs is 1. The summed E-state index contributed by atoms with van der Waals surface area (Å²) in [6, 6.07) is 18.8. The summed E-state index contributed by atoms with van der Waals surface area (Å²) < 4.78 is 7.18. The van der Waals surface area contributed by atoms with Crippen LogP contribution in [0.25, 0.3) is 39.3 Å². The molecule has 0 radical (unpaired) electrons. The van der Waals surface area contributed by atoms with Crippen molar-refractivity contribution in [2.24, 2.45) is 5.73 Å². The highest BCUT2D eigenvalue weighted by Gasteiger charge is 2.21. The molecular weight excluding hydrogens is 639 g/mol. The zero-order valence-electron chi connectivity index (χ0n) is 25.9. The summed E-state index contributed by atoms with van der Waals surface area (Å²) >= 11 is 14.1. The van der Waals surface area contributed by atoms with E-state index < -0.39 is 0 Å². The van der Waals surface area contributed by atoms with Crippen molar-refractivity contribution in [3.05, 3.63) is 88.2 Å². The third kappa shape index (κ3) is 7.08. The van der Waals surface area contributed by atoms with Crippen LogP contribution in [0.4, 0.5) is 0 Å². The van der Waals surface area contributed by atoms with Crippen molar-refractivity contribution in [1.82, 2.24) is 35.5 Å². The lowest BCUT2D eigenvalue weighted by atomic mass is 9.98. The predicted octanol–water partition coefficient (Wildman–Crippen LogP) is 4.89. The molecule has 1 aliphatic rings. The van der Waals surface area contributed by atoms with E-state index in [0.29, 0.717) is 64.6 Å². The number of methoxy groups -OCH3 is 1. The molecule has 0 bridgehead atoms. The maximum atomic E-state index is 12.5. The lowest BCUT2D eigenvalue weighted by molar-refractivity contribution is -0.119. The van der Waals surface area contributed by atoms with E-state index in [-0.39, 0.29) is 29.6 Å². The van der Waals surface area contributed by atoms with Crippen LogP contribution >= 0.6 is 23.2 Å². The van der Waals surface area contributed by atoms with E-state index in [4.69, 9.17) is 38.7 Å². The van der Waals surface area contributed by atoms with Crippen molar-refractivity contribution in [3.63, 3.8) is 0 Å². The first kappa shape index (κ1) is 32.4. The molecule has 6 rings (SSSR count). The minimum atomic E-state index is -0.321. The highest BCUT2D eigenvalue weighted by atomic mass is 35.5. The second-order valence-electron chi connectivity index (χ2n) is 11.5. The Morgan fingerprint density at radius 3 is 2.36 bits per heavy atom. The van der Waals surface area contributed by atoms with Gasteiger partial charge in [-0.1, -0.05) is 65.7 Å². The summed E-state index contributed by atoms with van der Waals surface area (Å²) in [5.74, 6) is 0.260. The smallest absolute Gasteiger partial charge is 0.271 e. The van der Waals surface area contributed by atoms with Crippen LogP contribution in [0.2, 0.25) is 10.0 Å². The first-order chi connectivity index (χ1) is 22.7. The third-order valence-corrected chi connectivity index (χ3v) is 8.71. The highest BCUT2D eigenvalue weighted by molar-refractivity contribution is 6.39. The Morgan fingerprint density at radius 2 is 1.70 bits per heavy atom. The molecule has 2 amide bonds. The molecule has 5 N–H and O–H groups in total. The maximum Gasteiger partial charge on any atom is 0.271 e. The van der Waals surface area contributed by atoms with E-state index in [1.807, 2.05) is 61.5 Å². The lowest BCUT2D eigenvalue weighted by Crippen LogP contribution is -2.35. The quantitative estimate of drug-likeness (QED) is 0.155. The van der Waals surface area contributed by atoms with Crippen LogP contribution in [0.3, 0.4) is 0 Å². The molecule has 1 aliphatic heterocycles. The van der Waals surface area contributed by atoms with Crippen LogP contribution in [0.5, 0.6) is 5.88 Å². The van der Waals surface area contributed by atoms with Crippen LogP contribution in [0.1, 0.15) is 35.8 Å². The Morgan fingerprint density at radius 1 is 1.02 bits per heavy atom. The zero-order valence-corrected chi connectivity index (χ0v) is 27.4. The van der Waals surface area contributed by atoms with Gasteiger partial charge in [-0.25, -0.2) is 14.5 Å². The summed E-state index contributed by atoms with van der Waals surface area (Å²) in [5.41, 5.74) is 11.5. The summed E-state index contributed by atoms with van der Waals surface area (Å²) in [4.78, 5) is 33.1. The number of carbonyl (C=O) groups is 2. The lowest BCUT2D eigenvalue weighted by Gasteiger charge is -2.15. The third-order valence-electron chi connectivity index (χ3n) is 7.90. The van der Waals surface area contributed by atoms with Crippen molar-refractivity contribution >= 4 is 40.7 Å². The molecule has 0 aliphatic carbocycles. The van der Waals surface area contributed by atoms with E-state index in [1.54, 1.807) is 23.9 Å². The van der Waals surface area contributed by atoms with Gasteiger partial charge in [0, 0.05) is 66.0 Å². The van der Waals surface area contributed by atoms with Gasteiger partial charge in [-0.2, -0.15) is 5.10 Å². The topological polar surface area (TPSA) is 149 Å². The van der Waals surface area contributed by atoms with E-state index in [0.717, 1.165) is 28.7 Å². The molecule has 0 unspecified atom stereocenters. The average Bonchev–Trinajstić information content (AvgIpc) is 3.69. The minimum Gasteiger partial charge on any atom is -0.481 e. The fourth-order valence-electron chi connectivity index (χ4n) is 5.50. The number of pyridine rings is 1. The Kier molecular flexibility index (Phi) is 9.69. The summed E-state index contributed by atoms with van der Waals surface area (Å²) in [6.45, 7) is 3.36. The molecule has 2 aromatic carbocycles. The summed E-state index contributed by atoms with van der Waals surface area (Å²) in [6.07, 6.45) is 2.97. The molecule has 0 spiro atoms. The fourth-order valence-corrected chi connectivity index (χ4v) is 6.15. The monoisotopic (exact) mass is 672 g/mol. The zero-order chi connectivity index (χ0) is 33.1. The second-order valence-corrected chi connectivity index (χ2v) is 12.2. The van der Waals surface area contributed by atoms with Crippen LogP contribution in [0.15, 0.2) is 66.9 Å². The molecule has 2 atom stereocenters. The largest absolute Gasteiger partial charge is 0.481 e. The van der Waals surface area contributed by atoms with E-state index >= 15 is 0 Å². The standard InChI is InChI=1S/C34H34Cl2N8O3/c1-19(37)15-39-33(46)28-18-44-29(41-28)13-12-27(43-44)25-8-4-6-23(32(25)36)22-5-3-7-24(31(22)35)26-11-9-20(34(42-26)47-2)16-38-17-21-10-14-30(45)40-21/h3-9,11-13,18-19,21,38H,10,14-17,37H2,1-2H3,(H,39,46)(H,40,45)/t19-,21+/m1/s1. The van der Waals surface area contributed by atoms with Crippen molar-refractivity contribution in [2.75, 3.05) is 20.2 Å². The SMILES string of the molecule is COc1nc(-c2cccc(-c3cccc(-c4ccc5nc(C(=O)NC[C@@H](C)N)cn5n4)c3Cl)c2Cl)ccc1CNC[C@@H]1CCC(=O)N1. The molecule has 47 heavy (non-hydrogen) atoms. The van der Waals surface area contributed by atoms with Crippen molar-refractivity contribution < 1.29 is 14.3 Å². The van der Waals surface area contributed by atoms with Gasteiger partial charge >= 0.3 is 0 Å². The average molecular weight is 674 g/mol. The molecule has 242 valence electrons. The van der Waals surface area contributed by atoms with Gasteiger partial charge in [0.25, 0.3) is 5.91 Å². The van der Waals surface area contributed by atoms with Crippen molar-refractivity contribution in [1.29, 1.82) is 0 Å². The number of imidazole rings is 1. The summed E-state index contributed by atoms with van der Waals surface area (Å²) in [5, 5.41) is 14.8. The number of hydrogen-bond donors (Lipinski definition) is 4. The molecule has 4 heterocycles. The molecule has 1 saturated heterocycles. The van der Waals surface area contributed by atoms with E-state index in [1.165, 1.54) is 0 Å². The van der Waals surface area contributed by atoms with Gasteiger partial charge in [0.1, 0.15) is 5.69 Å². The number of carbonyl (C=O) groups excluding carboxylic acids is 2. The van der Waals surface area contributed by atoms with Gasteiger partial charge in [0.2, 0.25) is 11.8 Å². The van der Waals surface area contributed by atoms with Crippen LogP contribution in [0, 0.1) is 0 Å². The van der Waals surface area contributed by atoms with Gasteiger partial charge < -0.3 is 26.4 Å². The predicted molar refractivity (Wildman–Crippen MR) is 183 cm³/mol. The van der Waals surface area contributed by atoms with Crippen molar-refractivity contribution in [2.45, 2.75) is 38.4 Å². The fraction of sp³-hybridized carbons (Fsp3) is 0.265. The van der Waals surface area contributed by atoms with Crippen LogP contribution in [-0.2, 0) is 11.3 Å².